The number of hydrogen-bond acceptors (Lipinski definition) is 3. The van der Waals surface area contributed by atoms with E-state index < -0.39 is 0 Å². The maximum Gasteiger partial charge on any atom is 0.222 e. The summed E-state index contributed by atoms with van der Waals surface area (Å²) in [5.74, 6) is 0.666. The predicted molar refractivity (Wildman–Crippen MR) is 97.5 cm³/mol. The second-order valence-electron chi connectivity index (χ2n) is 5.76. The quantitative estimate of drug-likeness (QED) is 0.240. The fourth-order valence-electron chi connectivity index (χ4n) is 2.15. The van der Waals surface area contributed by atoms with Gasteiger partial charge in [-0.1, -0.05) is 37.5 Å². The third-order valence-electron chi connectivity index (χ3n) is 3.53. The van der Waals surface area contributed by atoms with Crippen LogP contribution in [-0.2, 0) is 4.79 Å². The van der Waals surface area contributed by atoms with Crippen molar-refractivity contribution >= 4 is 17.6 Å². The van der Waals surface area contributed by atoms with Crippen LogP contribution in [0.2, 0.25) is 0 Å². The van der Waals surface area contributed by atoms with E-state index in [0.717, 1.165) is 37.8 Å². The van der Waals surface area contributed by atoms with Gasteiger partial charge in [0.05, 0.1) is 0 Å². The Hall–Kier alpha value is -2.55. The summed E-state index contributed by atoms with van der Waals surface area (Å²) < 4.78 is 0. The molecular weight excluding hydrogens is 302 g/mol. The molecule has 130 valence electrons. The first-order chi connectivity index (χ1) is 11.6. The molecule has 1 aromatic rings. The van der Waals surface area contributed by atoms with E-state index in [4.69, 9.17) is 5.26 Å². The first kappa shape index (κ1) is 19.5. The van der Waals surface area contributed by atoms with Crippen LogP contribution >= 0.6 is 0 Å². The van der Waals surface area contributed by atoms with Crippen molar-refractivity contribution in [1.82, 2.24) is 10.2 Å². The van der Waals surface area contributed by atoms with Gasteiger partial charge in [-0.15, -0.1) is 0 Å². The molecule has 1 rings (SSSR count). The summed E-state index contributed by atoms with van der Waals surface area (Å²) in [6, 6.07) is 9.62. The first-order valence-electron chi connectivity index (χ1n) is 8.35. The third-order valence-corrected chi connectivity index (χ3v) is 3.53. The van der Waals surface area contributed by atoms with Crippen LogP contribution < -0.4 is 10.6 Å². The first-order valence-corrected chi connectivity index (χ1v) is 8.35. The zero-order valence-corrected chi connectivity index (χ0v) is 14.6. The largest absolute Gasteiger partial charge is 0.349 e. The molecule has 0 bridgehead atoms. The Balaban J connectivity index is 2.19. The van der Waals surface area contributed by atoms with Crippen molar-refractivity contribution in [3.63, 3.8) is 0 Å². The van der Waals surface area contributed by atoms with Crippen LogP contribution in [0.15, 0.2) is 35.3 Å². The highest BCUT2D eigenvalue weighted by atomic mass is 16.2. The minimum Gasteiger partial charge on any atom is -0.349 e. The van der Waals surface area contributed by atoms with Gasteiger partial charge in [-0.25, -0.2) is 0 Å². The third kappa shape index (κ3) is 8.79. The monoisotopic (exact) mass is 329 g/mol. The van der Waals surface area contributed by atoms with E-state index >= 15 is 0 Å². The highest BCUT2D eigenvalue weighted by Gasteiger charge is 2.02. The van der Waals surface area contributed by atoms with Gasteiger partial charge in [-0.2, -0.15) is 5.26 Å². The maximum absolute atomic E-state index is 11.4. The summed E-state index contributed by atoms with van der Waals surface area (Å²) in [5.41, 5.74) is 0.893. The molecule has 6 heteroatoms. The number of unbranched alkanes of at least 4 members (excludes halogenated alkanes) is 4. The molecule has 0 saturated heterocycles. The molecule has 0 aliphatic rings. The summed E-state index contributed by atoms with van der Waals surface area (Å²) in [6.45, 7) is 0.667. The van der Waals surface area contributed by atoms with Crippen molar-refractivity contribution < 1.29 is 4.79 Å². The minimum atomic E-state index is 0.193. The van der Waals surface area contributed by atoms with E-state index in [-0.39, 0.29) is 5.91 Å². The van der Waals surface area contributed by atoms with Crippen LogP contribution in [0.5, 0.6) is 0 Å². The Kier molecular flexibility index (Phi) is 9.70. The lowest BCUT2D eigenvalue weighted by Crippen LogP contribution is -2.27. The van der Waals surface area contributed by atoms with Crippen molar-refractivity contribution in [1.29, 1.82) is 5.26 Å². The van der Waals surface area contributed by atoms with Gasteiger partial charge < -0.3 is 10.2 Å². The Labute approximate surface area is 144 Å². The molecule has 0 fully saturated rings. The summed E-state index contributed by atoms with van der Waals surface area (Å²) in [7, 11) is 3.58. The van der Waals surface area contributed by atoms with Crippen molar-refractivity contribution in [3.8, 4) is 6.19 Å². The second kappa shape index (κ2) is 11.9. The Bertz CT molecular complexity index is 548. The molecule has 0 heterocycles. The van der Waals surface area contributed by atoms with Gasteiger partial charge in [0.15, 0.2) is 6.19 Å². The Morgan fingerprint density at radius 1 is 1.12 bits per heavy atom. The van der Waals surface area contributed by atoms with Crippen molar-refractivity contribution in [3.05, 3.63) is 30.3 Å². The van der Waals surface area contributed by atoms with Crippen LogP contribution in [-0.4, -0.2) is 37.4 Å². The molecule has 0 aliphatic heterocycles. The number of benzene rings is 1. The number of guanidine groups is 1. The van der Waals surface area contributed by atoms with E-state index in [9.17, 15) is 4.79 Å². The lowest BCUT2D eigenvalue weighted by atomic mass is 10.1. The predicted octanol–water partition coefficient (Wildman–Crippen LogP) is 2.95. The minimum absolute atomic E-state index is 0.193. The highest BCUT2D eigenvalue weighted by Crippen LogP contribution is 2.07. The molecular formula is C18H27N5O. The van der Waals surface area contributed by atoms with Gasteiger partial charge in [-0.3, -0.25) is 15.1 Å². The number of nitrogens with one attached hydrogen (secondary N) is 2. The number of carbonyl (C=O) groups excluding carboxylic acids is 1. The molecule has 0 spiro atoms. The SMILES string of the molecule is CN(C)C(=O)CCCCCCCN=C(NC#N)Nc1ccccc1. The Morgan fingerprint density at radius 2 is 1.79 bits per heavy atom. The molecule has 0 unspecified atom stereocenters. The van der Waals surface area contributed by atoms with Crippen LogP contribution in [0.3, 0.4) is 0 Å². The highest BCUT2D eigenvalue weighted by molar-refractivity contribution is 5.94. The molecule has 6 nitrogen and oxygen atoms in total. The molecule has 0 aromatic heterocycles. The van der Waals surface area contributed by atoms with E-state index in [1.54, 1.807) is 19.0 Å². The number of para-hydroxylation sites is 1. The van der Waals surface area contributed by atoms with Gasteiger partial charge in [0.25, 0.3) is 0 Å². The van der Waals surface area contributed by atoms with Crippen LogP contribution in [0, 0.1) is 11.5 Å². The van der Waals surface area contributed by atoms with Crippen molar-refractivity contribution in [2.75, 3.05) is 26.0 Å². The number of hydrogen-bond donors (Lipinski definition) is 2. The number of rotatable bonds is 9. The van der Waals surface area contributed by atoms with E-state index in [1.807, 2.05) is 36.5 Å². The van der Waals surface area contributed by atoms with Crippen LogP contribution in [0.1, 0.15) is 38.5 Å². The summed E-state index contributed by atoms with van der Waals surface area (Å²) >= 11 is 0. The van der Waals surface area contributed by atoms with E-state index in [0.29, 0.717) is 18.9 Å². The summed E-state index contributed by atoms with van der Waals surface area (Å²) in [4.78, 5) is 17.5. The number of aliphatic imine (C=N–C) groups is 1. The molecule has 1 amide bonds. The zero-order valence-electron chi connectivity index (χ0n) is 14.6. The average molecular weight is 329 g/mol. The van der Waals surface area contributed by atoms with Gasteiger partial charge in [0, 0.05) is 32.7 Å². The standard InChI is InChI=1S/C18H27N5O/c1-23(2)17(24)13-9-4-3-5-10-14-20-18(21-15-19)22-16-11-7-6-8-12-16/h6-8,11-12H,3-5,9-10,13-14H2,1-2H3,(H2,20,21,22). The lowest BCUT2D eigenvalue weighted by molar-refractivity contribution is -0.128. The van der Waals surface area contributed by atoms with E-state index in [2.05, 4.69) is 15.6 Å². The van der Waals surface area contributed by atoms with Gasteiger partial charge in [0.1, 0.15) is 0 Å². The van der Waals surface area contributed by atoms with Crippen LogP contribution in [0.25, 0.3) is 0 Å². The molecule has 24 heavy (non-hydrogen) atoms. The average Bonchev–Trinajstić information content (AvgIpc) is 2.57. The molecule has 2 N–H and O–H groups in total. The normalized spacial score (nSPS) is 10.8. The number of anilines is 1. The zero-order chi connectivity index (χ0) is 17.6. The number of carbonyl (C=O) groups is 1. The van der Waals surface area contributed by atoms with Gasteiger partial charge in [-0.05, 0) is 25.0 Å². The molecule has 1 aromatic carbocycles. The maximum atomic E-state index is 11.4. The van der Waals surface area contributed by atoms with Gasteiger partial charge >= 0.3 is 0 Å². The van der Waals surface area contributed by atoms with Crippen molar-refractivity contribution in [2.24, 2.45) is 4.99 Å². The topological polar surface area (TPSA) is 80.5 Å². The summed E-state index contributed by atoms with van der Waals surface area (Å²) in [6.07, 6.45) is 7.67. The fourth-order valence-corrected chi connectivity index (χ4v) is 2.15. The molecule has 0 aliphatic carbocycles. The lowest BCUT2D eigenvalue weighted by Gasteiger charge is -2.09. The second-order valence-corrected chi connectivity index (χ2v) is 5.76. The van der Waals surface area contributed by atoms with Crippen LogP contribution in [0.4, 0.5) is 5.69 Å². The number of nitrogens with zero attached hydrogens (tertiary/aromatic N) is 3. The summed E-state index contributed by atoms with van der Waals surface area (Å²) in [5, 5.41) is 14.4. The fraction of sp³-hybridized carbons (Fsp3) is 0.500. The number of nitriles is 1. The molecule has 0 atom stereocenters. The molecule has 0 radical (unpaired) electrons. The number of amides is 1. The smallest absolute Gasteiger partial charge is 0.222 e. The Morgan fingerprint density at radius 3 is 2.46 bits per heavy atom. The van der Waals surface area contributed by atoms with Gasteiger partial charge in [0.2, 0.25) is 11.9 Å². The van der Waals surface area contributed by atoms with E-state index in [1.165, 1.54) is 0 Å². The molecule has 0 saturated carbocycles. The van der Waals surface area contributed by atoms with Crippen molar-refractivity contribution in [2.45, 2.75) is 38.5 Å².